The SMILES string of the molecule is CCCc1ccc(C(N)C(C)CC(=O)O)cc1. The fourth-order valence-electron chi connectivity index (χ4n) is 1.93. The average molecular weight is 235 g/mol. The zero-order valence-corrected chi connectivity index (χ0v) is 10.5. The minimum atomic E-state index is -0.796. The number of rotatable bonds is 6. The van der Waals surface area contributed by atoms with Gasteiger partial charge in [-0.1, -0.05) is 44.5 Å². The highest BCUT2D eigenvalue weighted by Gasteiger charge is 2.17. The number of hydrogen-bond donors (Lipinski definition) is 2. The maximum atomic E-state index is 10.6. The Hall–Kier alpha value is -1.35. The molecule has 3 nitrogen and oxygen atoms in total. The van der Waals surface area contributed by atoms with Crippen molar-refractivity contribution < 1.29 is 9.90 Å². The largest absolute Gasteiger partial charge is 0.481 e. The van der Waals surface area contributed by atoms with E-state index in [1.165, 1.54) is 5.56 Å². The van der Waals surface area contributed by atoms with Crippen molar-refractivity contribution in [1.82, 2.24) is 0 Å². The van der Waals surface area contributed by atoms with Crippen LogP contribution in [0.15, 0.2) is 24.3 Å². The molecule has 0 spiro atoms. The lowest BCUT2D eigenvalue weighted by atomic mass is 9.92. The first kappa shape index (κ1) is 13.7. The van der Waals surface area contributed by atoms with Gasteiger partial charge in [-0.25, -0.2) is 0 Å². The van der Waals surface area contributed by atoms with Gasteiger partial charge in [-0.15, -0.1) is 0 Å². The Balaban J connectivity index is 2.68. The lowest BCUT2D eigenvalue weighted by Gasteiger charge is -2.18. The van der Waals surface area contributed by atoms with Gasteiger partial charge in [0.2, 0.25) is 0 Å². The summed E-state index contributed by atoms with van der Waals surface area (Å²) in [4.78, 5) is 10.6. The van der Waals surface area contributed by atoms with Gasteiger partial charge in [-0.3, -0.25) is 4.79 Å². The molecule has 0 heterocycles. The molecule has 0 saturated carbocycles. The summed E-state index contributed by atoms with van der Waals surface area (Å²) in [5, 5.41) is 8.74. The summed E-state index contributed by atoms with van der Waals surface area (Å²) in [5.41, 5.74) is 8.36. The topological polar surface area (TPSA) is 63.3 Å². The first-order chi connectivity index (χ1) is 8.04. The lowest BCUT2D eigenvalue weighted by molar-refractivity contribution is -0.138. The molecule has 0 bridgehead atoms. The molecule has 0 radical (unpaired) electrons. The Kier molecular flexibility index (Phi) is 5.16. The van der Waals surface area contributed by atoms with Crippen LogP contribution in [0.2, 0.25) is 0 Å². The van der Waals surface area contributed by atoms with Gasteiger partial charge in [-0.05, 0) is 23.5 Å². The van der Waals surface area contributed by atoms with Crippen molar-refractivity contribution in [1.29, 1.82) is 0 Å². The third-order valence-electron chi connectivity index (χ3n) is 3.01. The van der Waals surface area contributed by atoms with Crippen LogP contribution in [0.1, 0.15) is 43.9 Å². The first-order valence-electron chi connectivity index (χ1n) is 6.10. The van der Waals surface area contributed by atoms with Crippen molar-refractivity contribution >= 4 is 5.97 Å². The standard InChI is InChI=1S/C14H21NO2/c1-3-4-11-5-7-12(8-6-11)14(15)10(2)9-13(16)17/h5-8,10,14H,3-4,9,15H2,1-2H3,(H,16,17). The van der Waals surface area contributed by atoms with Gasteiger partial charge in [0.25, 0.3) is 0 Å². The smallest absolute Gasteiger partial charge is 0.303 e. The number of aryl methyl sites for hydroxylation is 1. The van der Waals surface area contributed by atoms with Crippen LogP contribution >= 0.6 is 0 Å². The highest BCUT2D eigenvalue weighted by molar-refractivity contribution is 5.67. The number of carboxylic acids is 1. The summed E-state index contributed by atoms with van der Waals surface area (Å²) in [6.45, 7) is 4.02. The van der Waals surface area contributed by atoms with Gasteiger partial charge in [0.05, 0.1) is 0 Å². The molecule has 0 amide bonds. The quantitative estimate of drug-likeness (QED) is 0.797. The number of aliphatic carboxylic acids is 1. The fraction of sp³-hybridized carbons (Fsp3) is 0.500. The molecule has 3 heteroatoms. The molecule has 0 fully saturated rings. The van der Waals surface area contributed by atoms with Gasteiger partial charge >= 0.3 is 5.97 Å². The normalized spacial score (nSPS) is 14.3. The van der Waals surface area contributed by atoms with E-state index in [1.807, 2.05) is 19.1 Å². The highest BCUT2D eigenvalue weighted by Crippen LogP contribution is 2.22. The van der Waals surface area contributed by atoms with Crippen molar-refractivity contribution in [3.63, 3.8) is 0 Å². The number of benzene rings is 1. The molecule has 2 atom stereocenters. The van der Waals surface area contributed by atoms with Crippen LogP contribution in [-0.4, -0.2) is 11.1 Å². The van der Waals surface area contributed by atoms with E-state index in [4.69, 9.17) is 10.8 Å². The second-order valence-electron chi connectivity index (χ2n) is 4.59. The van der Waals surface area contributed by atoms with E-state index in [9.17, 15) is 4.79 Å². The molecule has 1 aromatic carbocycles. The molecular weight excluding hydrogens is 214 g/mol. The molecule has 0 aliphatic heterocycles. The van der Waals surface area contributed by atoms with Gasteiger partial charge in [-0.2, -0.15) is 0 Å². The fourth-order valence-corrected chi connectivity index (χ4v) is 1.93. The van der Waals surface area contributed by atoms with Crippen LogP contribution in [0.4, 0.5) is 0 Å². The molecular formula is C14H21NO2. The Morgan fingerprint density at radius 1 is 1.35 bits per heavy atom. The number of carbonyl (C=O) groups is 1. The zero-order valence-electron chi connectivity index (χ0n) is 10.5. The summed E-state index contributed by atoms with van der Waals surface area (Å²) in [6.07, 6.45) is 2.30. The van der Waals surface area contributed by atoms with E-state index < -0.39 is 5.97 Å². The first-order valence-corrected chi connectivity index (χ1v) is 6.10. The summed E-state index contributed by atoms with van der Waals surface area (Å²) in [6, 6.07) is 7.96. The van der Waals surface area contributed by atoms with E-state index >= 15 is 0 Å². The monoisotopic (exact) mass is 235 g/mol. The van der Waals surface area contributed by atoms with E-state index in [1.54, 1.807) is 0 Å². The van der Waals surface area contributed by atoms with Crippen LogP contribution in [0, 0.1) is 5.92 Å². The number of nitrogens with two attached hydrogens (primary N) is 1. The highest BCUT2D eigenvalue weighted by atomic mass is 16.4. The van der Waals surface area contributed by atoms with E-state index in [-0.39, 0.29) is 18.4 Å². The maximum absolute atomic E-state index is 10.6. The lowest BCUT2D eigenvalue weighted by Crippen LogP contribution is -2.21. The van der Waals surface area contributed by atoms with Gasteiger partial charge in [0.15, 0.2) is 0 Å². The number of hydrogen-bond acceptors (Lipinski definition) is 2. The van der Waals surface area contributed by atoms with Gasteiger partial charge in [0, 0.05) is 12.5 Å². The van der Waals surface area contributed by atoms with E-state index in [2.05, 4.69) is 19.1 Å². The van der Waals surface area contributed by atoms with Gasteiger partial charge < -0.3 is 10.8 Å². The van der Waals surface area contributed by atoms with Crippen molar-refractivity contribution in [2.45, 2.75) is 39.2 Å². The Bertz CT molecular complexity index is 359. The maximum Gasteiger partial charge on any atom is 0.303 e. The average Bonchev–Trinajstić information content (AvgIpc) is 2.28. The van der Waals surface area contributed by atoms with Crippen LogP contribution in [0.3, 0.4) is 0 Å². The van der Waals surface area contributed by atoms with Crippen LogP contribution in [-0.2, 0) is 11.2 Å². The van der Waals surface area contributed by atoms with E-state index in [0.29, 0.717) is 0 Å². The summed E-state index contributed by atoms with van der Waals surface area (Å²) in [5.74, 6) is -0.847. The molecule has 0 saturated heterocycles. The molecule has 0 aliphatic rings. The molecule has 2 unspecified atom stereocenters. The second kappa shape index (κ2) is 6.40. The van der Waals surface area contributed by atoms with Crippen molar-refractivity contribution in [2.24, 2.45) is 11.7 Å². The molecule has 0 aliphatic carbocycles. The third kappa shape index (κ3) is 4.19. The van der Waals surface area contributed by atoms with Crippen molar-refractivity contribution in [2.75, 3.05) is 0 Å². The van der Waals surface area contributed by atoms with Crippen molar-refractivity contribution in [3.05, 3.63) is 35.4 Å². The minimum Gasteiger partial charge on any atom is -0.481 e. The molecule has 3 N–H and O–H groups in total. The van der Waals surface area contributed by atoms with Crippen LogP contribution < -0.4 is 5.73 Å². The Morgan fingerprint density at radius 3 is 2.41 bits per heavy atom. The molecule has 17 heavy (non-hydrogen) atoms. The molecule has 0 aromatic heterocycles. The minimum absolute atomic E-state index is 0.0514. The number of carboxylic acid groups (broad SMARTS) is 1. The summed E-state index contributed by atoms with van der Waals surface area (Å²) < 4.78 is 0. The third-order valence-corrected chi connectivity index (χ3v) is 3.01. The van der Waals surface area contributed by atoms with Crippen LogP contribution in [0.5, 0.6) is 0 Å². The second-order valence-corrected chi connectivity index (χ2v) is 4.59. The zero-order chi connectivity index (χ0) is 12.8. The Labute approximate surface area is 103 Å². The summed E-state index contributed by atoms with van der Waals surface area (Å²) in [7, 11) is 0. The van der Waals surface area contributed by atoms with E-state index in [0.717, 1.165) is 18.4 Å². The van der Waals surface area contributed by atoms with Crippen molar-refractivity contribution in [3.8, 4) is 0 Å². The van der Waals surface area contributed by atoms with Gasteiger partial charge in [0.1, 0.15) is 0 Å². The summed E-state index contributed by atoms with van der Waals surface area (Å²) >= 11 is 0. The Morgan fingerprint density at radius 2 is 1.94 bits per heavy atom. The van der Waals surface area contributed by atoms with Crippen LogP contribution in [0.25, 0.3) is 0 Å². The molecule has 1 rings (SSSR count). The molecule has 1 aromatic rings. The predicted octanol–water partition coefficient (Wildman–Crippen LogP) is 2.75. The molecule has 94 valence electrons. The predicted molar refractivity (Wildman–Crippen MR) is 68.8 cm³/mol.